The molecular formula is C21H22N2O3. The number of amides is 1. The molecule has 0 fully saturated rings. The quantitative estimate of drug-likeness (QED) is 0.705. The van der Waals surface area contributed by atoms with E-state index in [0.29, 0.717) is 13.1 Å². The second-order valence-corrected chi connectivity index (χ2v) is 6.16. The molecule has 0 aliphatic carbocycles. The van der Waals surface area contributed by atoms with Gasteiger partial charge in [0.1, 0.15) is 5.78 Å². The first-order chi connectivity index (χ1) is 12.6. The summed E-state index contributed by atoms with van der Waals surface area (Å²) in [5.74, 6) is -0.643. The highest BCUT2D eigenvalue weighted by Crippen LogP contribution is 2.13. The molecule has 5 heteroatoms. The van der Waals surface area contributed by atoms with E-state index in [1.165, 1.54) is 0 Å². The number of carbonyl (C=O) groups is 2. The standard InChI is InChI=1S/C21H22N2O3/c22-12-11-19(24)13-20(25)14-21(26)23(15-17-7-3-1-4-8-17)16-18-9-5-2-6-10-18/h1-10,19,24H,11,13-16H2/t19-/m1/s1. The number of aliphatic hydroxyl groups is 1. The molecule has 0 bridgehead atoms. The third-order valence-corrected chi connectivity index (χ3v) is 3.92. The second-order valence-electron chi connectivity index (χ2n) is 6.16. The van der Waals surface area contributed by atoms with E-state index in [0.717, 1.165) is 11.1 Å². The zero-order chi connectivity index (χ0) is 18.8. The lowest BCUT2D eigenvalue weighted by molar-refractivity contribution is -0.136. The van der Waals surface area contributed by atoms with Gasteiger partial charge in [0.25, 0.3) is 0 Å². The second kappa shape index (κ2) is 10.1. The SMILES string of the molecule is N#CC[C@@H](O)CC(=O)CC(=O)N(Cc1ccccc1)Cc1ccccc1. The van der Waals surface area contributed by atoms with Gasteiger partial charge in [-0.2, -0.15) is 5.26 Å². The molecule has 26 heavy (non-hydrogen) atoms. The molecule has 0 aliphatic rings. The third kappa shape index (κ3) is 6.50. The molecular weight excluding hydrogens is 328 g/mol. The summed E-state index contributed by atoms with van der Waals surface area (Å²) in [4.78, 5) is 26.3. The number of nitrogens with zero attached hydrogens (tertiary/aromatic N) is 2. The van der Waals surface area contributed by atoms with Crippen LogP contribution in [0.3, 0.4) is 0 Å². The van der Waals surface area contributed by atoms with Crippen molar-refractivity contribution in [3.63, 3.8) is 0 Å². The molecule has 134 valence electrons. The molecule has 0 spiro atoms. The van der Waals surface area contributed by atoms with Crippen molar-refractivity contribution in [2.45, 2.75) is 38.5 Å². The fourth-order valence-electron chi connectivity index (χ4n) is 2.63. The number of hydrogen-bond acceptors (Lipinski definition) is 4. The highest BCUT2D eigenvalue weighted by atomic mass is 16.3. The molecule has 1 amide bonds. The number of ketones is 1. The van der Waals surface area contributed by atoms with Gasteiger partial charge in [0, 0.05) is 19.5 Å². The van der Waals surface area contributed by atoms with Crippen LogP contribution in [0.1, 0.15) is 30.4 Å². The average Bonchev–Trinajstić information content (AvgIpc) is 2.63. The first-order valence-corrected chi connectivity index (χ1v) is 8.51. The lowest BCUT2D eigenvalue weighted by Crippen LogP contribution is -2.32. The Hall–Kier alpha value is -2.97. The van der Waals surface area contributed by atoms with Gasteiger partial charge in [0.15, 0.2) is 0 Å². The number of Topliss-reactive ketones (excluding diaryl/α,β-unsaturated/α-hetero) is 1. The maximum absolute atomic E-state index is 12.7. The van der Waals surface area contributed by atoms with Gasteiger partial charge in [-0.1, -0.05) is 60.7 Å². The summed E-state index contributed by atoms with van der Waals surface area (Å²) in [7, 11) is 0. The lowest BCUT2D eigenvalue weighted by Gasteiger charge is -2.23. The van der Waals surface area contributed by atoms with Crippen LogP contribution in [0.2, 0.25) is 0 Å². The van der Waals surface area contributed by atoms with Gasteiger partial charge in [-0.05, 0) is 11.1 Å². The van der Waals surface area contributed by atoms with Crippen molar-refractivity contribution in [1.29, 1.82) is 5.26 Å². The summed E-state index contributed by atoms with van der Waals surface area (Å²) in [6, 6.07) is 21.0. The van der Waals surface area contributed by atoms with Crippen molar-refractivity contribution in [3.05, 3.63) is 71.8 Å². The predicted octanol–water partition coefficient (Wildman–Crippen LogP) is 2.84. The summed E-state index contributed by atoms with van der Waals surface area (Å²) in [6.07, 6.45) is -1.58. The third-order valence-electron chi connectivity index (χ3n) is 3.92. The summed E-state index contributed by atoms with van der Waals surface area (Å²) in [6.45, 7) is 0.811. The molecule has 2 aromatic rings. The Morgan fingerprint density at radius 1 is 0.962 bits per heavy atom. The van der Waals surface area contributed by atoms with Crippen LogP contribution in [0.5, 0.6) is 0 Å². The topological polar surface area (TPSA) is 81.4 Å². The molecule has 2 aromatic carbocycles. The monoisotopic (exact) mass is 350 g/mol. The van der Waals surface area contributed by atoms with Crippen LogP contribution in [0, 0.1) is 11.3 Å². The summed E-state index contributed by atoms with van der Waals surface area (Å²) < 4.78 is 0. The number of nitriles is 1. The highest BCUT2D eigenvalue weighted by Gasteiger charge is 2.20. The Labute approximate surface area is 153 Å². The van der Waals surface area contributed by atoms with Crippen molar-refractivity contribution in [3.8, 4) is 6.07 Å². The first-order valence-electron chi connectivity index (χ1n) is 8.51. The molecule has 5 nitrogen and oxygen atoms in total. The zero-order valence-corrected chi connectivity index (χ0v) is 14.5. The molecule has 0 unspecified atom stereocenters. The van der Waals surface area contributed by atoms with E-state index in [-0.39, 0.29) is 31.0 Å². The van der Waals surface area contributed by atoms with Crippen molar-refractivity contribution in [2.75, 3.05) is 0 Å². The molecule has 0 saturated heterocycles. The Bertz CT molecular complexity index is 712. The van der Waals surface area contributed by atoms with Crippen LogP contribution in [0.25, 0.3) is 0 Å². The van der Waals surface area contributed by atoms with E-state index in [4.69, 9.17) is 5.26 Å². The van der Waals surface area contributed by atoms with E-state index >= 15 is 0 Å². The molecule has 0 aliphatic heterocycles. The zero-order valence-electron chi connectivity index (χ0n) is 14.5. The van der Waals surface area contributed by atoms with Crippen LogP contribution >= 0.6 is 0 Å². The van der Waals surface area contributed by atoms with Crippen molar-refractivity contribution < 1.29 is 14.7 Å². The molecule has 0 aromatic heterocycles. The van der Waals surface area contributed by atoms with E-state index in [1.54, 1.807) is 4.90 Å². The van der Waals surface area contributed by atoms with Crippen molar-refractivity contribution in [2.24, 2.45) is 0 Å². The van der Waals surface area contributed by atoms with Gasteiger partial charge in [0.05, 0.1) is 25.0 Å². The number of carbonyl (C=O) groups excluding carboxylic acids is 2. The minimum absolute atomic E-state index is 0.113. The van der Waals surface area contributed by atoms with Gasteiger partial charge in [0.2, 0.25) is 5.91 Å². The molecule has 0 saturated carbocycles. The van der Waals surface area contributed by atoms with Gasteiger partial charge in [-0.15, -0.1) is 0 Å². The molecule has 0 heterocycles. The van der Waals surface area contributed by atoms with Crippen molar-refractivity contribution in [1.82, 2.24) is 4.90 Å². The van der Waals surface area contributed by atoms with Crippen LogP contribution in [0.4, 0.5) is 0 Å². The lowest BCUT2D eigenvalue weighted by atomic mass is 10.1. The Kier molecular flexibility index (Phi) is 7.53. The van der Waals surface area contributed by atoms with Crippen molar-refractivity contribution >= 4 is 11.7 Å². The number of rotatable bonds is 9. The highest BCUT2D eigenvalue weighted by molar-refractivity contribution is 5.98. The fraction of sp³-hybridized carbons (Fsp3) is 0.286. The van der Waals surface area contributed by atoms with E-state index in [9.17, 15) is 14.7 Å². The Morgan fingerprint density at radius 2 is 1.46 bits per heavy atom. The van der Waals surface area contributed by atoms with E-state index < -0.39 is 6.10 Å². The Balaban J connectivity index is 2.05. The van der Waals surface area contributed by atoms with Gasteiger partial charge >= 0.3 is 0 Å². The predicted molar refractivity (Wildman–Crippen MR) is 97.6 cm³/mol. The van der Waals surface area contributed by atoms with Crippen LogP contribution in [-0.2, 0) is 22.7 Å². The summed E-state index contributed by atoms with van der Waals surface area (Å²) in [5.41, 5.74) is 1.96. The Morgan fingerprint density at radius 3 is 1.92 bits per heavy atom. The minimum Gasteiger partial charge on any atom is -0.392 e. The molecule has 1 N–H and O–H groups in total. The van der Waals surface area contributed by atoms with Gasteiger partial charge in [-0.25, -0.2) is 0 Å². The fourth-order valence-corrected chi connectivity index (χ4v) is 2.63. The molecule has 2 rings (SSSR count). The van der Waals surface area contributed by atoms with Gasteiger partial charge in [-0.3, -0.25) is 9.59 Å². The smallest absolute Gasteiger partial charge is 0.230 e. The van der Waals surface area contributed by atoms with Crippen LogP contribution in [0.15, 0.2) is 60.7 Å². The normalized spacial score (nSPS) is 11.4. The van der Waals surface area contributed by atoms with Crippen LogP contribution < -0.4 is 0 Å². The maximum Gasteiger partial charge on any atom is 0.230 e. The molecule has 1 atom stereocenters. The van der Waals surface area contributed by atoms with Gasteiger partial charge < -0.3 is 10.0 Å². The van der Waals surface area contributed by atoms with E-state index in [1.807, 2.05) is 66.7 Å². The van der Waals surface area contributed by atoms with Crippen LogP contribution in [-0.4, -0.2) is 27.8 Å². The number of aliphatic hydroxyl groups excluding tert-OH is 1. The largest absolute Gasteiger partial charge is 0.392 e. The summed E-state index contributed by atoms with van der Waals surface area (Å²) in [5, 5.41) is 18.1. The summed E-state index contributed by atoms with van der Waals surface area (Å²) >= 11 is 0. The number of hydrogen-bond donors (Lipinski definition) is 1. The minimum atomic E-state index is -1.02. The maximum atomic E-state index is 12.7. The first kappa shape index (κ1) is 19.4. The van der Waals surface area contributed by atoms with E-state index in [2.05, 4.69) is 0 Å². The molecule has 0 radical (unpaired) electrons. The number of benzene rings is 2. The average molecular weight is 350 g/mol.